The zero-order valence-electron chi connectivity index (χ0n) is 16.1. The van der Waals surface area contributed by atoms with Crippen LogP contribution in [0, 0.1) is 0 Å². The first-order valence-electron chi connectivity index (χ1n) is 9.26. The van der Waals surface area contributed by atoms with E-state index in [4.69, 9.17) is 0 Å². The fraction of sp³-hybridized carbons (Fsp3) is 0.238. The third-order valence-electron chi connectivity index (χ3n) is 5.13. The van der Waals surface area contributed by atoms with Gasteiger partial charge in [-0.25, -0.2) is 0 Å². The van der Waals surface area contributed by atoms with Gasteiger partial charge in [0.15, 0.2) is 0 Å². The minimum Gasteiger partial charge on any atom is -0.378 e. The highest BCUT2D eigenvalue weighted by Crippen LogP contribution is 2.34. The van der Waals surface area contributed by atoms with Crippen LogP contribution in [-0.2, 0) is 9.59 Å². The van der Waals surface area contributed by atoms with E-state index in [9.17, 15) is 19.2 Å². The Labute approximate surface area is 167 Å². The van der Waals surface area contributed by atoms with Gasteiger partial charge in [-0.15, -0.1) is 0 Å². The van der Waals surface area contributed by atoms with E-state index >= 15 is 0 Å². The molecule has 8 nitrogen and oxygen atoms in total. The second kappa shape index (κ2) is 7.05. The second-order valence-electron chi connectivity index (χ2n) is 7.24. The van der Waals surface area contributed by atoms with Gasteiger partial charge in [0.1, 0.15) is 6.04 Å². The highest BCUT2D eigenvalue weighted by Gasteiger charge is 2.45. The Balaban J connectivity index is 1.64. The average Bonchev–Trinajstić information content (AvgIpc) is 2.94. The van der Waals surface area contributed by atoms with Crippen LogP contribution in [0.25, 0.3) is 0 Å². The molecule has 8 heteroatoms. The van der Waals surface area contributed by atoms with E-state index in [1.165, 1.54) is 0 Å². The van der Waals surface area contributed by atoms with Gasteiger partial charge in [-0.1, -0.05) is 6.07 Å². The van der Waals surface area contributed by atoms with Crippen molar-refractivity contribution in [2.24, 2.45) is 0 Å². The molecular formula is C21H20N4O4. The van der Waals surface area contributed by atoms with E-state index < -0.39 is 29.7 Å². The lowest BCUT2D eigenvalue weighted by atomic mass is 10.0. The van der Waals surface area contributed by atoms with Gasteiger partial charge in [0.05, 0.1) is 16.8 Å². The lowest BCUT2D eigenvalue weighted by Gasteiger charge is -2.27. The summed E-state index contributed by atoms with van der Waals surface area (Å²) in [6.45, 7) is 0. The number of piperidine rings is 1. The predicted molar refractivity (Wildman–Crippen MR) is 107 cm³/mol. The fourth-order valence-electron chi connectivity index (χ4n) is 3.62. The van der Waals surface area contributed by atoms with Crippen LogP contribution in [0.1, 0.15) is 33.6 Å². The lowest BCUT2D eigenvalue weighted by Crippen LogP contribution is -2.54. The van der Waals surface area contributed by atoms with Crippen LogP contribution in [0.4, 0.5) is 17.1 Å². The topological polar surface area (TPSA) is 98.8 Å². The van der Waals surface area contributed by atoms with Crippen molar-refractivity contribution in [2.75, 3.05) is 24.3 Å². The van der Waals surface area contributed by atoms with Crippen molar-refractivity contribution in [1.29, 1.82) is 0 Å². The summed E-state index contributed by atoms with van der Waals surface area (Å²) in [7, 11) is 3.89. The number of nitrogens with zero attached hydrogens (tertiary/aromatic N) is 2. The molecule has 4 rings (SSSR count). The first-order chi connectivity index (χ1) is 13.9. The lowest BCUT2D eigenvalue weighted by molar-refractivity contribution is -0.136. The number of benzene rings is 2. The summed E-state index contributed by atoms with van der Waals surface area (Å²) in [6.07, 6.45) is 0.220. The van der Waals surface area contributed by atoms with Crippen LogP contribution in [0.15, 0.2) is 42.5 Å². The molecule has 1 saturated heterocycles. The molecule has 0 bridgehead atoms. The summed E-state index contributed by atoms with van der Waals surface area (Å²) in [6, 6.07) is 11.6. The van der Waals surface area contributed by atoms with E-state index in [2.05, 4.69) is 10.6 Å². The maximum absolute atomic E-state index is 13.1. The monoisotopic (exact) mass is 392 g/mol. The Hall–Kier alpha value is -3.68. The van der Waals surface area contributed by atoms with Crippen LogP contribution in [0.2, 0.25) is 0 Å². The smallest absolute Gasteiger partial charge is 0.264 e. The van der Waals surface area contributed by atoms with Crippen molar-refractivity contribution in [1.82, 2.24) is 10.2 Å². The predicted octanol–water partition coefficient (Wildman–Crippen LogP) is 1.90. The zero-order valence-corrected chi connectivity index (χ0v) is 16.1. The molecule has 29 heavy (non-hydrogen) atoms. The van der Waals surface area contributed by atoms with E-state index in [1.54, 1.807) is 18.2 Å². The molecule has 1 fully saturated rings. The van der Waals surface area contributed by atoms with Gasteiger partial charge < -0.3 is 10.2 Å². The van der Waals surface area contributed by atoms with Crippen molar-refractivity contribution >= 4 is 40.7 Å². The molecule has 0 spiro atoms. The van der Waals surface area contributed by atoms with Gasteiger partial charge in [0.2, 0.25) is 11.8 Å². The van der Waals surface area contributed by atoms with Gasteiger partial charge >= 0.3 is 0 Å². The molecule has 0 saturated carbocycles. The van der Waals surface area contributed by atoms with E-state index in [0.29, 0.717) is 5.69 Å². The molecule has 2 aromatic carbocycles. The van der Waals surface area contributed by atoms with Crippen LogP contribution in [-0.4, -0.2) is 48.7 Å². The van der Waals surface area contributed by atoms with Crippen molar-refractivity contribution in [3.63, 3.8) is 0 Å². The zero-order chi connectivity index (χ0) is 20.7. The molecule has 2 aliphatic heterocycles. The molecule has 0 radical (unpaired) electrons. The number of amides is 4. The molecule has 4 amide bonds. The quantitative estimate of drug-likeness (QED) is 0.771. The van der Waals surface area contributed by atoms with Crippen molar-refractivity contribution in [3.05, 3.63) is 53.6 Å². The highest BCUT2D eigenvalue weighted by atomic mass is 16.2. The molecule has 148 valence electrons. The summed E-state index contributed by atoms with van der Waals surface area (Å²) < 4.78 is 0. The van der Waals surface area contributed by atoms with Crippen LogP contribution in [0.3, 0.4) is 0 Å². The first kappa shape index (κ1) is 18.7. The van der Waals surface area contributed by atoms with E-state index in [-0.39, 0.29) is 24.0 Å². The number of anilines is 3. The number of carbonyl (C=O) groups is 4. The van der Waals surface area contributed by atoms with Crippen LogP contribution < -0.4 is 15.5 Å². The third-order valence-corrected chi connectivity index (χ3v) is 5.13. The van der Waals surface area contributed by atoms with Crippen molar-refractivity contribution in [3.8, 4) is 0 Å². The third kappa shape index (κ3) is 3.22. The summed E-state index contributed by atoms with van der Waals surface area (Å²) in [4.78, 5) is 52.5. The molecule has 1 unspecified atom stereocenters. The van der Waals surface area contributed by atoms with Gasteiger partial charge in [-0.3, -0.25) is 29.4 Å². The summed E-state index contributed by atoms with van der Waals surface area (Å²) in [5, 5.41) is 5.39. The Morgan fingerprint density at radius 2 is 1.72 bits per heavy atom. The standard InChI is InChI=1S/C21H20N4O4/c1-24(2)13-8-6-12(7-9-13)22-15-5-3-4-14-18(15)21(29)25(20(14)28)16-10-11-17(26)23-19(16)27/h3-9,16,22H,10-11H2,1-2H3,(H,23,26,27). The molecule has 0 aromatic heterocycles. The van der Waals surface area contributed by atoms with Crippen LogP contribution >= 0.6 is 0 Å². The van der Waals surface area contributed by atoms with Gasteiger partial charge in [0.25, 0.3) is 11.8 Å². The van der Waals surface area contributed by atoms with Gasteiger partial charge in [-0.2, -0.15) is 0 Å². The average molecular weight is 392 g/mol. The molecule has 0 aliphatic carbocycles. The van der Waals surface area contributed by atoms with E-state index in [0.717, 1.165) is 16.3 Å². The summed E-state index contributed by atoms with van der Waals surface area (Å²) in [5.74, 6) is -2.07. The molecule has 2 N–H and O–H groups in total. The van der Waals surface area contributed by atoms with Crippen LogP contribution in [0.5, 0.6) is 0 Å². The number of imide groups is 2. The van der Waals surface area contributed by atoms with Crippen molar-refractivity contribution < 1.29 is 19.2 Å². The number of hydrogen-bond acceptors (Lipinski definition) is 6. The fourth-order valence-corrected chi connectivity index (χ4v) is 3.62. The van der Waals surface area contributed by atoms with E-state index in [1.807, 2.05) is 43.3 Å². The maximum atomic E-state index is 13.1. The first-order valence-corrected chi connectivity index (χ1v) is 9.26. The Kier molecular flexibility index (Phi) is 4.54. The maximum Gasteiger partial charge on any atom is 0.264 e. The second-order valence-corrected chi connectivity index (χ2v) is 7.24. The number of fused-ring (bicyclic) bond motifs is 1. The summed E-state index contributed by atoms with van der Waals surface area (Å²) in [5.41, 5.74) is 2.77. The number of rotatable bonds is 4. The normalized spacial score (nSPS) is 18.6. The Morgan fingerprint density at radius 3 is 2.38 bits per heavy atom. The largest absolute Gasteiger partial charge is 0.378 e. The number of nitrogens with one attached hydrogen (secondary N) is 2. The Bertz CT molecular complexity index is 1030. The molecular weight excluding hydrogens is 372 g/mol. The SMILES string of the molecule is CN(C)c1ccc(Nc2cccc3c2C(=O)N(C2CCC(=O)NC2=O)C3=O)cc1. The number of carbonyl (C=O) groups excluding carboxylic acids is 4. The molecule has 2 aromatic rings. The minimum atomic E-state index is -0.979. The molecule has 2 aliphatic rings. The van der Waals surface area contributed by atoms with Gasteiger partial charge in [0, 0.05) is 31.9 Å². The summed E-state index contributed by atoms with van der Waals surface area (Å²) >= 11 is 0. The minimum absolute atomic E-state index is 0.0904. The van der Waals surface area contributed by atoms with Crippen molar-refractivity contribution in [2.45, 2.75) is 18.9 Å². The Morgan fingerprint density at radius 1 is 1.00 bits per heavy atom. The molecule has 2 heterocycles. The molecule has 1 atom stereocenters. The number of hydrogen-bond donors (Lipinski definition) is 2. The highest BCUT2D eigenvalue weighted by molar-refractivity contribution is 6.25. The van der Waals surface area contributed by atoms with Gasteiger partial charge in [-0.05, 0) is 42.8 Å².